The number of ether oxygens (including phenoxy) is 2. The number of hydrogen-bond donors (Lipinski definition) is 1. The largest absolute Gasteiger partial charge is 0.381 e. The summed E-state index contributed by atoms with van der Waals surface area (Å²) in [6.07, 6.45) is 2.32. The Hall–Kier alpha value is -2.37. The van der Waals surface area contributed by atoms with Crippen molar-refractivity contribution >= 4 is 5.96 Å². The average Bonchev–Trinajstić information content (AvgIpc) is 2.77. The molecule has 1 N–H and O–H groups in total. The minimum absolute atomic E-state index is 0.329. The first-order valence-electron chi connectivity index (χ1n) is 10.5. The summed E-state index contributed by atoms with van der Waals surface area (Å²) < 4.78 is 11.4. The van der Waals surface area contributed by atoms with Crippen molar-refractivity contribution in [3.05, 3.63) is 71.3 Å². The van der Waals surface area contributed by atoms with Crippen LogP contribution in [0.3, 0.4) is 0 Å². The topological polar surface area (TPSA) is 46.1 Å². The zero-order valence-electron chi connectivity index (χ0n) is 17.6. The van der Waals surface area contributed by atoms with E-state index in [1.165, 1.54) is 16.7 Å². The fourth-order valence-corrected chi connectivity index (χ4v) is 3.37. The van der Waals surface area contributed by atoms with Crippen molar-refractivity contribution in [2.24, 2.45) is 4.99 Å². The van der Waals surface area contributed by atoms with Gasteiger partial charge in [-0.1, -0.05) is 54.6 Å². The molecule has 0 unspecified atom stereocenters. The third-order valence-corrected chi connectivity index (χ3v) is 5.05. The van der Waals surface area contributed by atoms with Gasteiger partial charge in [0.2, 0.25) is 0 Å². The Bertz CT molecular complexity index is 740. The van der Waals surface area contributed by atoms with Crippen LogP contribution in [0.25, 0.3) is 0 Å². The van der Waals surface area contributed by atoms with Crippen molar-refractivity contribution < 1.29 is 9.47 Å². The highest BCUT2D eigenvalue weighted by molar-refractivity contribution is 5.79. The molecule has 0 aromatic heterocycles. The number of benzene rings is 2. The zero-order chi connectivity index (χ0) is 20.3. The van der Waals surface area contributed by atoms with Crippen LogP contribution in [0.1, 0.15) is 36.5 Å². The summed E-state index contributed by atoms with van der Waals surface area (Å²) >= 11 is 0. The van der Waals surface area contributed by atoms with Crippen molar-refractivity contribution in [1.82, 2.24) is 10.2 Å². The quantitative estimate of drug-likeness (QED) is 0.542. The first-order chi connectivity index (χ1) is 14.2. The average molecular weight is 396 g/mol. The smallest absolute Gasteiger partial charge is 0.194 e. The van der Waals surface area contributed by atoms with Gasteiger partial charge in [-0.3, -0.25) is 0 Å². The molecule has 1 aliphatic rings. The van der Waals surface area contributed by atoms with Gasteiger partial charge >= 0.3 is 0 Å². The Kier molecular flexibility index (Phi) is 8.53. The van der Waals surface area contributed by atoms with Gasteiger partial charge in [-0.2, -0.15) is 0 Å². The lowest BCUT2D eigenvalue weighted by Gasteiger charge is -2.22. The summed E-state index contributed by atoms with van der Waals surface area (Å²) in [5.74, 6) is 0.920. The van der Waals surface area contributed by atoms with Crippen LogP contribution in [0.5, 0.6) is 0 Å². The molecule has 0 aliphatic carbocycles. The van der Waals surface area contributed by atoms with Gasteiger partial charge in [0.1, 0.15) is 0 Å². The molecular formula is C24H33N3O2. The van der Waals surface area contributed by atoms with Crippen LogP contribution < -0.4 is 5.32 Å². The third-order valence-electron chi connectivity index (χ3n) is 5.05. The van der Waals surface area contributed by atoms with Gasteiger partial charge in [-0.05, 0) is 36.5 Å². The molecule has 1 saturated heterocycles. The number of guanidine groups is 1. The van der Waals surface area contributed by atoms with E-state index in [1.54, 1.807) is 0 Å². The molecule has 0 atom stereocenters. The van der Waals surface area contributed by atoms with E-state index in [9.17, 15) is 0 Å². The van der Waals surface area contributed by atoms with Gasteiger partial charge in [0.05, 0.1) is 19.3 Å². The van der Waals surface area contributed by atoms with Crippen LogP contribution in [-0.4, -0.2) is 43.8 Å². The maximum atomic E-state index is 6.00. The summed E-state index contributed by atoms with van der Waals surface area (Å²) in [6.45, 7) is 6.72. The fraction of sp³-hybridized carbons (Fsp3) is 0.458. The predicted octanol–water partition coefficient (Wildman–Crippen LogP) is 3.98. The van der Waals surface area contributed by atoms with E-state index in [2.05, 4.69) is 72.7 Å². The van der Waals surface area contributed by atoms with Crippen molar-refractivity contribution in [2.45, 2.75) is 45.6 Å². The zero-order valence-corrected chi connectivity index (χ0v) is 17.6. The molecule has 1 heterocycles. The Morgan fingerprint density at radius 1 is 1.03 bits per heavy atom. The Balaban J connectivity index is 1.52. The summed E-state index contributed by atoms with van der Waals surface area (Å²) in [5, 5.41) is 3.39. The van der Waals surface area contributed by atoms with Gasteiger partial charge in [0.15, 0.2) is 5.96 Å². The number of rotatable bonds is 8. The molecule has 5 heteroatoms. The van der Waals surface area contributed by atoms with E-state index in [0.717, 1.165) is 45.1 Å². The van der Waals surface area contributed by atoms with Crippen LogP contribution in [0.15, 0.2) is 59.6 Å². The number of hydrogen-bond acceptors (Lipinski definition) is 3. The van der Waals surface area contributed by atoms with E-state index < -0.39 is 0 Å². The Morgan fingerprint density at radius 2 is 1.72 bits per heavy atom. The van der Waals surface area contributed by atoms with Crippen molar-refractivity contribution in [1.29, 1.82) is 0 Å². The lowest BCUT2D eigenvalue weighted by atomic mass is 10.1. The summed E-state index contributed by atoms with van der Waals surface area (Å²) in [5.41, 5.74) is 3.68. The lowest BCUT2D eigenvalue weighted by molar-refractivity contribution is -0.0390. The van der Waals surface area contributed by atoms with Crippen LogP contribution in [0.2, 0.25) is 0 Å². The molecule has 0 radical (unpaired) electrons. The van der Waals surface area contributed by atoms with Crippen molar-refractivity contribution in [2.75, 3.05) is 26.8 Å². The minimum Gasteiger partial charge on any atom is -0.381 e. The molecule has 2 aromatic carbocycles. The minimum atomic E-state index is 0.329. The van der Waals surface area contributed by atoms with Gasteiger partial charge < -0.3 is 19.7 Å². The molecule has 0 spiro atoms. The highest BCUT2D eigenvalue weighted by Gasteiger charge is 2.14. The van der Waals surface area contributed by atoms with Crippen molar-refractivity contribution in [3.63, 3.8) is 0 Å². The van der Waals surface area contributed by atoms with Crippen molar-refractivity contribution in [3.8, 4) is 0 Å². The highest BCUT2D eigenvalue weighted by atomic mass is 16.5. The molecule has 1 fully saturated rings. The summed E-state index contributed by atoms with van der Waals surface area (Å²) in [7, 11) is 2.07. The van der Waals surface area contributed by atoms with Crippen LogP contribution in [0.4, 0.5) is 0 Å². The maximum Gasteiger partial charge on any atom is 0.194 e. The summed E-state index contributed by atoms with van der Waals surface area (Å²) in [6, 6.07) is 19.0. The number of aliphatic imine (C=N–C) groups is 1. The Labute approximate surface area is 174 Å². The predicted molar refractivity (Wildman–Crippen MR) is 118 cm³/mol. The van der Waals surface area contributed by atoms with E-state index in [1.807, 2.05) is 6.07 Å². The lowest BCUT2D eigenvalue weighted by Crippen LogP contribution is -2.38. The first-order valence-corrected chi connectivity index (χ1v) is 10.5. The number of nitrogens with zero attached hydrogens (tertiary/aromatic N) is 2. The van der Waals surface area contributed by atoms with Crippen LogP contribution in [-0.2, 0) is 29.2 Å². The Morgan fingerprint density at radius 3 is 2.41 bits per heavy atom. The van der Waals surface area contributed by atoms with Gasteiger partial charge in [0, 0.05) is 33.4 Å². The van der Waals surface area contributed by atoms with Gasteiger partial charge in [-0.15, -0.1) is 0 Å². The molecular weight excluding hydrogens is 362 g/mol. The highest BCUT2D eigenvalue weighted by Crippen LogP contribution is 2.14. The molecule has 29 heavy (non-hydrogen) atoms. The molecule has 1 aliphatic heterocycles. The molecule has 2 aromatic rings. The molecule has 156 valence electrons. The second-order valence-corrected chi connectivity index (χ2v) is 7.45. The first kappa shape index (κ1) is 21.3. The van der Waals surface area contributed by atoms with E-state index in [0.29, 0.717) is 19.3 Å². The number of nitrogens with one attached hydrogen (secondary N) is 1. The third kappa shape index (κ3) is 7.18. The molecule has 0 bridgehead atoms. The van der Waals surface area contributed by atoms with Gasteiger partial charge in [-0.25, -0.2) is 4.99 Å². The summed E-state index contributed by atoms with van der Waals surface area (Å²) in [4.78, 5) is 6.98. The van der Waals surface area contributed by atoms with E-state index in [4.69, 9.17) is 14.5 Å². The molecule has 5 nitrogen and oxygen atoms in total. The SMILES string of the molecule is CCNC(=NCc1ccc(COC2CCOCC2)cc1)N(C)Cc1ccccc1. The molecule has 3 rings (SSSR count). The van der Waals surface area contributed by atoms with Crippen LogP contribution >= 0.6 is 0 Å². The normalized spacial score (nSPS) is 15.3. The molecule has 0 saturated carbocycles. The van der Waals surface area contributed by atoms with E-state index >= 15 is 0 Å². The molecule has 0 amide bonds. The second kappa shape index (κ2) is 11.6. The van der Waals surface area contributed by atoms with Crippen LogP contribution in [0, 0.1) is 0 Å². The second-order valence-electron chi connectivity index (χ2n) is 7.45. The van der Waals surface area contributed by atoms with E-state index in [-0.39, 0.29) is 0 Å². The standard InChI is InChI=1S/C24H33N3O2/c1-3-25-24(27(2)18-21-7-5-4-6-8-21)26-17-20-9-11-22(12-10-20)19-29-23-13-15-28-16-14-23/h4-12,23H,3,13-19H2,1-2H3,(H,25,26). The fourth-order valence-electron chi connectivity index (χ4n) is 3.37. The van der Waals surface area contributed by atoms with Gasteiger partial charge in [0.25, 0.3) is 0 Å². The monoisotopic (exact) mass is 395 g/mol. The maximum absolute atomic E-state index is 6.00.